The molecule has 2 rings (SSSR count). The molecule has 2 aliphatic heterocycles. The van der Waals surface area contributed by atoms with Crippen molar-refractivity contribution in [3.63, 3.8) is 0 Å². The van der Waals surface area contributed by atoms with Crippen LogP contribution in [0.4, 0.5) is 0 Å². The predicted octanol–water partition coefficient (Wildman–Crippen LogP) is -1.61. The third-order valence-electron chi connectivity index (χ3n) is 2.65. The highest BCUT2D eigenvalue weighted by molar-refractivity contribution is 6.05. The Hall–Kier alpha value is -1.23. The van der Waals surface area contributed by atoms with E-state index in [1.54, 1.807) is 0 Å². The number of likely N-dealkylation sites (tertiary alicyclic amines) is 1. The summed E-state index contributed by atoms with van der Waals surface area (Å²) in [4.78, 5) is 34.4. The molecule has 1 N–H and O–H groups in total. The summed E-state index contributed by atoms with van der Waals surface area (Å²) in [5.41, 5.74) is 0. The second-order valence-electron chi connectivity index (χ2n) is 3.45. The molecule has 5 nitrogen and oxygen atoms in total. The first-order valence-electron chi connectivity index (χ1n) is 4.23. The number of amides is 2. The second kappa shape index (κ2) is 2.92. The Morgan fingerprint density at radius 2 is 1.85 bits per heavy atom. The molecule has 0 bridgehead atoms. The maximum absolute atomic E-state index is 11.2. The van der Waals surface area contributed by atoms with E-state index in [4.69, 9.17) is 0 Å². The van der Waals surface area contributed by atoms with Gasteiger partial charge in [-0.1, -0.05) is 0 Å². The van der Waals surface area contributed by atoms with Crippen LogP contribution in [-0.2, 0) is 14.4 Å². The van der Waals surface area contributed by atoms with Crippen LogP contribution in [-0.4, -0.2) is 42.6 Å². The van der Waals surface area contributed by atoms with Crippen LogP contribution in [0.25, 0.3) is 0 Å². The van der Waals surface area contributed by atoms with Crippen molar-refractivity contribution in [2.24, 2.45) is 11.8 Å². The summed E-state index contributed by atoms with van der Waals surface area (Å²) in [5.74, 6) is -0.841. The molecule has 0 spiro atoms. The topological polar surface area (TPSA) is 66.5 Å². The Balaban J connectivity index is 2.08. The van der Waals surface area contributed by atoms with Gasteiger partial charge in [-0.25, -0.2) is 0 Å². The van der Waals surface area contributed by atoms with Gasteiger partial charge in [0.2, 0.25) is 11.8 Å². The van der Waals surface area contributed by atoms with E-state index in [1.165, 1.54) is 0 Å². The number of fused-ring (bicyclic) bond motifs is 1. The normalized spacial score (nSPS) is 33.2. The van der Waals surface area contributed by atoms with E-state index in [2.05, 4.69) is 5.32 Å². The fourth-order valence-corrected chi connectivity index (χ4v) is 1.98. The molecular weight excluding hydrogens is 172 g/mol. The molecule has 2 unspecified atom stereocenters. The van der Waals surface area contributed by atoms with E-state index in [0.717, 1.165) is 6.29 Å². The van der Waals surface area contributed by atoms with E-state index in [-0.39, 0.29) is 23.7 Å². The molecule has 2 amide bonds. The van der Waals surface area contributed by atoms with Crippen LogP contribution in [0.1, 0.15) is 0 Å². The van der Waals surface area contributed by atoms with Gasteiger partial charge in [0.15, 0.2) is 0 Å². The van der Waals surface area contributed by atoms with E-state index < -0.39 is 0 Å². The van der Waals surface area contributed by atoms with Gasteiger partial charge in [-0.3, -0.25) is 19.8 Å². The largest absolute Gasteiger partial charge is 0.302 e. The van der Waals surface area contributed by atoms with E-state index in [0.29, 0.717) is 19.6 Å². The number of nitrogens with zero attached hydrogens (tertiary/aromatic N) is 1. The monoisotopic (exact) mass is 182 g/mol. The van der Waals surface area contributed by atoms with Gasteiger partial charge >= 0.3 is 0 Å². The zero-order chi connectivity index (χ0) is 9.42. The molecule has 0 aromatic heterocycles. The van der Waals surface area contributed by atoms with Gasteiger partial charge in [-0.2, -0.15) is 0 Å². The van der Waals surface area contributed by atoms with Crippen LogP contribution in [0.15, 0.2) is 0 Å². The first-order valence-corrected chi connectivity index (χ1v) is 4.23. The molecule has 0 aromatic carbocycles. The SMILES string of the molecule is O=CCN1CC2C(=O)NC(=O)C2C1. The number of carbonyl (C=O) groups excluding carboxylic acids is 3. The van der Waals surface area contributed by atoms with Crippen molar-refractivity contribution in [1.82, 2.24) is 10.2 Å². The van der Waals surface area contributed by atoms with Crippen LogP contribution in [0.5, 0.6) is 0 Å². The van der Waals surface area contributed by atoms with Crippen molar-refractivity contribution in [3.8, 4) is 0 Å². The minimum Gasteiger partial charge on any atom is -0.302 e. The standard InChI is InChI=1S/C8H10N2O3/c11-2-1-10-3-5-6(4-10)8(13)9-7(5)12/h2,5-6H,1,3-4H2,(H,9,12,13). The van der Waals surface area contributed by atoms with Crippen molar-refractivity contribution in [3.05, 3.63) is 0 Å². The zero-order valence-electron chi connectivity index (χ0n) is 7.03. The first-order chi connectivity index (χ1) is 6.22. The summed E-state index contributed by atoms with van der Waals surface area (Å²) < 4.78 is 0. The Bertz CT molecular complexity index is 255. The lowest BCUT2D eigenvalue weighted by Crippen LogP contribution is -2.32. The van der Waals surface area contributed by atoms with Gasteiger partial charge in [0.1, 0.15) is 6.29 Å². The lowest BCUT2D eigenvalue weighted by Gasteiger charge is -2.11. The third-order valence-corrected chi connectivity index (χ3v) is 2.65. The van der Waals surface area contributed by atoms with Crippen molar-refractivity contribution in [2.45, 2.75) is 0 Å². The molecule has 2 heterocycles. The highest BCUT2D eigenvalue weighted by Crippen LogP contribution is 2.27. The van der Waals surface area contributed by atoms with Crippen molar-refractivity contribution in [2.75, 3.05) is 19.6 Å². The van der Waals surface area contributed by atoms with Crippen LogP contribution >= 0.6 is 0 Å². The first kappa shape index (κ1) is 8.37. The van der Waals surface area contributed by atoms with Crippen molar-refractivity contribution >= 4 is 18.1 Å². The Morgan fingerprint density at radius 3 is 2.31 bits per heavy atom. The molecule has 2 fully saturated rings. The molecule has 70 valence electrons. The van der Waals surface area contributed by atoms with Gasteiger partial charge in [0.05, 0.1) is 18.4 Å². The second-order valence-corrected chi connectivity index (χ2v) is 3.45. The number of hydrogen-bond acceptors (Lipinski definition) is 4. The molecule has 0 aromatic rings. The Kier molecular flexibility index (Phi) is 1.88. The number of carbonyl (C=O) groups is 3. The van der Waals surface area contributed by atoms with E-state index >= 15 is 0 Å². The predicted molar refractivity (Wildman–Crippen MR) is 42.6 cm³/mol. The Labute approximate surface area is 75.1 Å². The van der Waals surface area contributed by atoms with Crippen LogP contribution in [0, 0.1) is 11.8 Å². The van der Waals surface area contributed by atoms with Crippen LogP contribution in [0.3, 0.4) is 0 Å². The lowest BCUT2D eigenvalue weighted by molar-refractivity contribution is -0.127. The molecule has 2 atom stereocenters. The summed E-state index contributed by atoms with van der Waals surface area (Å²) in [6.45, 7) is 1.37. The maximum atomic E-state index is 11.2. The number of imide groups is 1. The molecule has 2 aliphatic rings. The van der Waals surface area contributed by atoms with Crippen molar-refractivity contribution < 1.29 is 14.4 Å². The fraction of sp³-hybridized carbons (Fsp3) is 0.625. The summed E-state index contributed by atoms with van der Waals surface area (Å²) >= 11 is 0. The Morgan fingerprint density at radius 1 is 1.31 bits per heavy atom. The zero-order valence-corrected chi connectivity index (χ0v) is 7.03. The molecular formula is C8H10N2O3. The quantitative estimate of drug-likeness (QED) is 0.412. The lowest BCUT2D eigenvalue weighted by atomic mass is 10.00. The maximum Gasteiger partial charge on any atom is 0.231 e. The summed E-state index contributed by atoms with van der Waals surface area (Å²) in [7, 11) is 0. The fourth-order valence-electron chi connectivity index (χ4n) is 1.98. The molecule has 2 saturated heterocycles. The number of aldehydes is 1. The number of hydrogen-bond donors (Lipinski definition) is 1. The highest BCUT2D eigenvalue weighted by Gasteiger charge is 2.47. The molecule has 0 aliphatic carbocycles. The van der Waals surface area contributed by atoms with E-state index in [1.807, 2.05) is 4.90 Å². The van der Waals surface area contributed by atoms with Gasteiger partial charge in [-0.05, 0) is 0 Å². The average Bonchev–Trinajstić information content (AvgIpc) is 2.57. The van der Waals surface area contributed by atoms with Gasteiger partial charge in [-0.15, -0.1) is 0 Å². The van der Waals surface area contributed by atoms with E-state index in [9.17, 15) is 14.4 Å². The van der Waals surface area contributed by atoms with Crippen LogP contribution in [0.2, 0.25) is 0 Å². The molecule has 0 radical (unpaired) electrons. The van der Waals surface area contributed by atoms with Crippen LogP contribution < -0.4 is 5.32 Å². The molecule has 13 heavy (non-hydrogen) atoms. The minimum atomic E-state index is -0.229. The smallest absolute Gasteiger partial charge is 0.231 e. The summed E-state index contributed by atoms with van der Waals surface area (Å²) in [5, 5.41) is 2.29. The highest BCUT2D eigenvalue weighted by atomic mass is 16.2. The minimum absolute atomic E-state index is 0.191. The third kappa shape index (κ3) is 1.25. The average molecular weight is 182 g/mol. The summed E-state index contributed by atoms with van der Waals surface area (Å²) in [6.07, 6.45) is 0.795. The number of rotatable bonds is 2. The van der Waals surface area contributed by atoms with Gasteiger partial charge < -0.3 is 4.79 Å². The molecule has 0 saturated carbocycles. The van der Waals surface area contributed by atoms with Gasteiger partial charge in [0.25, 0.3) is 0 Å². The molecule has 5 heteroatoms. The van der Waals surface area contributed by atoms with Gasteiger partial charge in [0, 0.05) is 13.1 Å². The summed E-state index contributed by atoms with van der Waals surface area (Å²) in [6, 6.07) is 0. The van der Waals surface area contributed by atoms with Crippen molar-refractivity contribution in [1.29, 1.82) is 0 Å². The number of nitrogens with one attached hydrogen (secondary N) is 1.